The second-order valence-corrected chi connectivity index (χ2v) is 7.65. The molecule has 158 valence electrons. The number of halogens is 1. The third kappa shape index (κ3) is 6.48. The van der Waals surface area contributed by atoms with Crippen LogP contribution in [0.2, 0.25) is 0 Å². The summed E-state index contributed by atoms with van der Waals surface area (Å²) in [6.45, 7) is 1.86. The van der Waals surface area contributed by atoms with Crippen molar-refractivity contribution in [2.75, 3.05) is 11.9 Å². The summed E-state index contributed by atoms with van der Waals surface area (Å²) in [5, 5.41) is 5.45. The standard InChI is InChI=1S/C23H20BrN3O4/c1-15-6-8-16(9-7-15)11-26-22(29)19-4-2-3-5-20(19)27-21(28)14-31-23(30)17-10-18(24)13-25-12-17/h2-10,12-13H,11,14H2,1H3,(H,26,29)(H,27,28). The molecule has 0 saturated heterocycles. The van der Waals surface area contributed by atoms with Crippen molar-refractivity contribution in [2.24, 2.45) is 0 Å². The van der Waals surface area contributed by atoms with Crippen molar-refractivity contribution in [3.05, 3.63) is 93.7 Å². The van der Waals surface area contributed by atoms with Gasteiger partial charge in [-0.3, -0.25) is 14.6 Å². The number of rotatable bonds is 7. The van der Waals surface area contributed by atoms with Crippen molar-refractivity contribution in [3.63, 3.8) is 0 Å². The predicted molar refractivity (Wildman–Crippen MR) is 120 cm³/mol. The number of pyridine rings is 1. The molecule has 0 spiro atoms. The number of nitrogens with one attached hydrogen (secondary N) is 2. The van der Waals surface area contributed by atoms with Gasteiger partial charge in [0.05, 0.1) is 16.8 Å². The predicted octanol–water partition coefficient (Wildman–Crippen LogP) is 3.88. The molecule has 0 atom stereocenters. The first kappa shape index (κ1) is 22.2. The first-order valence-corrected chi connectivity index (χ1v) is 10.2. The summed E-state index contributed by atoms with van der Waals surface area (Å²) < 4.78 is 5.64. The summed E-state index contributed by atoms with van der Waals surface area (Å²) in [6.07, 6.45) is 2.88. The number of para-hydroxylation sites is 1. The van der Waals surface area contributed by atoms with E-state index >= 15 is 0 Å². The van der Waals surface area contributed by atoms with E-state index < -0.39 is 18.5 Å². The zero-order chi connectivity index (χ0) is 22.2. The minimum Gasteiger partial charge on any atom is -0.452 e. The molecule has 0 aliphatic carbocycles. The summed E-state index contributed by atoms with van der Waals surface area (Å²) >= 11 is 3.22. The van der Waals surface area contributed by atoms with Crippen LogP contribution in [-0.2, 0) is 16.1 Å². The van der Waals surface area contributed by atoms with Gasteiger partial charge in [-0.05, 0) is 46.6 Å². The van der Waals surface area contributed by atoms with Gasteiger partial charge in [-0.15, -0.1) is 0 Å². The van der Waals surface area contributed by atoms with Gasteiger partial charge in [-0.2, -0.15) is 0 Å². The molecule has 3 rings (SSSR count). The van der Waals surface area contributed by atoms with Crippen molar-refractivity contribution in [2.45, 2.75) is 13.5 Å². The number of anilines is 1. The number of amides is 2. The van der Waals surface area contributed by atoms with E-state index in [0.717, 1.165) is 11.1 Å². The number of ether oxygens (including phenoxy) is 1. The molecule has 1 heterocycles. The normalized spacial score (nSPS) is 10.3. The Labute approximate surface area is 188 Å². The SMILES string of the molecule is Cc1ccc(CNC(=O)c2ccccc2NC(=O)COC(=O)c2cncc(Br)c2)cc1. The van der Waals surface area contributed by atoms with Gasteiger partial charge >= 0.3 is 5.97 Å². The average Bonchev–Trinajstić information content (AvgIpc) is 2.77. The van der Waals surface area contributed by atoms with Gasteiger partial charge in [0.15, 0.2) is 6.61 Å². The van der Waals surface area contributed by atoms with Crippen LogP contribution in [0.5, 0.6) is 0 Å². The molecule has 0 bridgehead atoms. The van der Waals surface area contributed by atoms with Gasteiger partial charge in [0.1, 0.15) is 0 Å². The van der Waals surface area contributed by atoms with Crippen LogP contribution in [0.15, 0.2) is 71.5 Å². The lowest BCUT2D eigenvalue weighted by atomic mass is 10.1. The lowest BCUT2D eigenvalue weighted by Crippen LogP contribution is -2.26. The van der Waals surface area contributed by atoms with E-state index in [2.05, 4.69) is 31.5 Å². The minimum absolute atomic E-state index is 0.220. The highest BCUT2D eigenvalue weighted by Crippen LogP contribution is 2.16. The van der Waals surface area contributed by atoms with Gasteiger partial charge in [-0.1, -0.05) is 42.0 Å². The zero-order valence-corrected chi connectivity index (χ0v) is 18.3. The van der Waals surface area contributed by atoms with Gasteiger partial charge < -0.3 is 15.4 Å². The number of carbonyl (C=O) groups excluding carboxylic acids is 3. The highest BCUT2D eigenvalue weighted by atomic mass is 79.9. The fourth-order valence-corrected chi connectivity index (χ4v) is 3.06. The Morgan fingerprint density at radius 2 is 1.77 bits per heavy atom. The molecular formula is C23H20BrN3O4. The Morgan fingerprint density at radius 3 is 2.52 bits per heavy atom. The number of carbonyl (C=O) groups is 3. The van der Waals surface area contributed by atoms with E-state index in [1.54, 1.807) is 30.3 Å². The van der Waals surface area contributed by atoms with Crippen molar-refractivity contribution in [1.29, 1.82) is 0 Å². The first-order valence-electron chi connectivity index (χ1n) is 9.42. The molecule has 8 heteroatoms. The first-order chi connectivity index (χ1) is 14.9. The van der Waals surface area contributed by atoms with E-state index in [1.165, 1.54) is 12.4 Å². The maximum absolute atomic E-state index is 12.6. The Hall–Kier alpha value is -3.52. The molecular weight excluding hydrogens is 462 g/mol. The average molecular weight is 482 g/mol. The second kappa shape index (κ2) is 10.5. The Bertz CT molecular complexity index is 1100. The fourth-order valence-electron chi connectivity index (χ4n) is 2.70. The molecule has 7 nitrogen and oxygen atoms in total. The number of hydrogen-bond acceptors (Lipinski definition) is 5. The van der Waals surface area contributed by atoms with Crippen LogP contribution in [-0.4, -0.2) is 29.4 Å². The van der Waals surface area contributed by atoms with Crippen LogP contribution in [0.4, 0.5) is 5.69 Å². The highest BCUT2D eigenvalue weighted by Gasteiger charge is 2.15. The number of nitrogens with zero attached hydrogens (tertiary/aromatic N) is 1. The minimum atomic E-state index is -0.673. The summed E-state index contributed by atoms with van der Waals surface area (Å²) in [7, 11) is 0. The molecule has 0 saturated carbocycles. The molecule has 0 fully saturated rings. The molecule has 31 heavy (non-hydrogen) atoms. The van der Waals surface area contributed by atoms with Crippen LogP contribution in [0.1, 0.15) is 31.8 Å². The molecule has 2 amide bonds. The van der Waals surface area contributed by atoms with Gasteiger partial charge in [0.2, 0.25) is 0 Å². The topological polar surface area (TPSA) is 97.4 Å². The maximum atomic E-state index is 12.6. The summed E-state index contributed by atoms with van der Waals surface area (Å²) in [5.41, 5.74) is 2.96. The van der Waals surface area contributed by atoms with E-state index in [4.69, 9.17) is 4.74 Å². The van der Waals surface area contributed by atoms with E-state index in [9.17, 15) is 14.4 Å². The van der Waals surface area contributed by atoms with Crippen LogP contribution in [0.3, 0.4) is 0 Å². The van der Waals surface area contributed by atoms with E-state index in [1.807, 2.05) is 31.2 Å². The van der Waals surface area contributed by atoms with E-state index in [0.29, 0.717) is 22.3 Å². The Kier molecular flexibility index (Phi) is 7.50. The third-order valence-corrected chi connectivity index (χ3v) is 4.73. The lowest BCUT2D eigenvalue weighted by molar-refractivity contribution is -0.119. The lowest BCUT2D eigenvalue weighted by Gasteiger charge is -2.12. The summed E-state index contributed by atoms with van der Waals surface area (Å²) in [6, 6.07) is 16.0. The van der Waals surface area contributed by atoms with Crippen molar-refractivity contribution in [3.8, 4) is 0 Å². The molecule has 1 aromatic heterocycles. The number of aryl methyl sites for hydroxylation is 1. The monoisotopic (exact) mass is 481 g/mol. The van der Waals surface area contributed by atoms with Crippen LogP contribution in [0, 0.1) is 6.92 Å². The molecule has 0 aliphatic heterocycles. The number of benzene rings is 2. The Balaban J connectivity index is 1.57. The third-order valence-electron chi connectivity index (χ3n) is 4.29. The zero-order valence-electron chi connectivity index (χ0n) is 16.7. The molecule has 0 aliphatic rings. The molecule has 2 N–H and O–H groups in total. The summed E-state index contributed by atoms with van der Waals surface area (Å²) in [5.74, 6) is -1.56. The second-order valence-electron chi connectivity index (χ2n) is 6.73. The van der Waals surface area contributed by atoms with Gasteiger partial charge in [-0.25, -0.2) is 4.79 Å². The van der Waals surface area contributed by atoms with Gasteiger partial charge in [0.25, 0.3) is 11.8 Å². The quantitative estimate of drug-likeness (QED) is 0.499. The Morgan fingerprint density at radius 1 is 1.03 bits per heavy atom. The van der Waals surface area contributed by atoms with Crippen molar-refractivity contribution >= 4 is 39.4 Å². The maximum Gasteiger partial charge on any atom is 0.340 e. The molecule has 2 aromatic carbocycles. The fraction of sp³-hybridized carbons (Fsp3) is 0.130. The van der Waals surface area contributed by atoms with Crippen molar-refractivity contribution < 1.29 is 19.1 Å². The van der Waals surface area contributed by atoms with Crippen LogP contribution in [0.25, 0.3) is 0 Å². The molecule has 0 unspecified atom stereocenters. The largest absolute Gasteiger partial charge is 0.452 e. The molecule has 0 radical (unpaired) electrons. The van der Waals surface area contributed by atoms with Crippen molar-refractivity contribution in [1.82, 2.24) is 10.3 Å². The van der Waals surface area contributed by atoms with E-state index in [-0.39, 0.29) is 11.5 Å². The number of hydrogen-bond donors (Lipinski definition) is 2. The van der Waals surface area contributed by atoms with Crippen LogP contribution < -0.4 is 10.6 Å². The molecule has 3 aromatic rings. The smallest absolute Gasteiger partial charge is 0.340 e. The number of aromatic nitrogens is 1. The number of esters is 1. The summed E-state index contributed by atoms with van der Waals surface area (Å²) in [4.78, 5) is 40.8. The van der Waals surface area contributed by atoms with Crippen LogP contribution >= 0.6 is 15.9 Å². The highest BCUT2D eigenvalue weighted by molar-refractivity contribution is 9.10. The van der Waals surface area contributed by atoms with Gasteiger partial charge in [0, 0.05) is 23.4 Å².